The smallest absolute Gasteiger partial charge is 0.0370 e. The molecule has 2 fully saturated rings. The van der Waals surface area contributed by atoms with Crippen LogP contribution in [0, 0.1) is 6.92 Å². The monoisotopic (exact) mass is 448 g/mol. The second-order valence-corrected chi connectivity index (χ2v) is 9.80. The minimum absolute atomic E-state index is 0.991. The van der Waals surface area contributed by atoms with Gasteiger partial charge >= 0.3 is 0 Å². The first-order valence-corrected chi connectivity index (χ1v) is 12.5. The fraction of sp³-hybridized carbons (Fsp3) is 0.517. The summed E-state index contributed by atoms with van der Waals surface area (Å²) in [7, 11) is 0. The zero-order chi connectivity index (χ0) is 24.0. The van der Waals surface area contributed by atoms with Gasteiger partial charge in [0.05, 0.1) is 0 Å². The summed E-state index contributed by atoms with van der Waals surface area (Å²) in [5, 5.41) is 0. The van der Waals surface area contributed by atoms with E-state index in [1.54, 1.807) is 0 Å². The molecule has 0 amide bonds. The Morgan fingerprint density at radius 2 is 1.48 bits per heavy atom. The zero-order valence-corrected chi connectivity index (χ0v) is 21.7. The van der Waals surface area contributed by atoms with E-state index in [2.05, 4.69) is 97.7 Å². The molecule has 0 saturated carbocycles. The average Bonchev–Trinajstić information content (AvgIpc) is 2.80. The third kappa shape index (κ3) is 6.77. The van der Waals surface area contributed by atoms with Crippen molar-refractivity contribution in [3.8, 4) is 0 Å². The molecule has 33 heavy (non-hydrogen) atoms. The molecule has 0 unspecified atom stereocenters. The molecule has 0 spiro atoms. The molecule has 0 N–H and O–H groups in total. The van der Waals surface area contributed by atoms with Gasteiger partial charge < -0.3 is 14.7 Å². The lowest BCUT2D eigenvalue weighted by Crippen LogP contribution is -2.45. The van der Waals surface area contributed by atoms with Crippen LogP contribution in [0.3, 0.4) is 0 Å². The maximum Gasteiger partial charge on any atom is 0.0370 e. The maximum absolute atomic E-state index is 4.51. The van der Waals surface area contributed by atoms with E-state index in [1.165, 1.54) is 28.0 Å². The summed E-state index contributed by atoms with van der Waals surface area (Å²) in [4.78, 5) is 9.94. The first-order valence-electron chi connectivity index (χ1n) is 12.5. The number of aryl methyl sites for hydroxylation is 1. The van der Waals surface area contributed by atoms with Gasteiger partial charge in [-0.05, 0) is 57.4 Å². The molecule has 180 valence electrons. The Morgan fingerprint density at radius 3 is 2.09 bits per heavy atom. The van der Waals surface area contributed by atoms with Crippen molar-refractivity contribution in [1.29, 1.82) is 0 Å². The van der Waals surface area contributed by atoms with Crippen LogP contribution in [0.4, 0.5) is 0 Å². The number of rotatable bonds is 8. The Kier molecular flexibility index (Phi) is 8.85. The number of nitrogens with zero attached hydrogens (tertiary/aromatic N) is 4. The van der Waals surface area contributed by atoms with Gasteiger partial charge in [0.2, 0.25) is 0 Å². The minimum Gasteiger partial charge on any atom is -0.373 e. The fourth-order valence-corrected chi connectivity index (χ4v) is 4.88. The van der Waals surface area contributed by atoms with Crippen molar-refractivity contribution in [2.24, 2.45) is 0 Å². The molecule has 0 aromatic heterocycles. The number of benzene rings is 1. The van der Waals surface area contributed by atoms with E-state index in [9.17, 15) is 0 Å². The Labute approximate surface area is 202 Å². The molecule has 2 aliphatic heterocycles. The van der Waals surface area contributed by atoms with Crippen LogP contribution < -0.4 is 0 Å². The van der Waals surface area contributed by atoms with Crippen molar-refractivity contribution < 1.29 is 0 Å². The zero-order valence-electron chi connectivity index (χ0n) is 21.7. The Morgan fingerprint density at radius 1 is 0.879 bits per heavy atom. The highest BCUT2D eigenvalue weighted by atomic mass is 15.3. The number of piperazine rings is 2. The normalized spacial score (nSPS) is 17.8. The topological polar surface area (TPSA) is 13.0 Å². The number of hydrogen-bond donors (Lipinski definition) is 0. The molecule has 4 heteroatoms. The Balaban J connectivity index is 1.58. The third-order valence-corrected chi connectivity index (χ3v) is 6.91. The van der Waals surface area contributed by atoms with Crippen LogP contribution >= 0.6 is 0 Å². The maximum atomic E-state index is 4.51. The average molecular weight is 449 g/mol. The van der Waals surface area contributed by atoms with Crippen molar-refractivity contribution >= 4 is 5.70 Å². The summed E-state index contributed by atoms with van der Waals surface area (Å²) in [6, 6.07) is 6.94. The summed E-state index contributed by atoms with van der Waals surface area (Å²) in [6.07, 6.45) is 5.63. The van der Waals surface area contributed by atoms with E-state index in [-0.39, 0.29) is 0 Å². The van der Waals surface area contributed by atoms with E-state index in [0.29, 0.717) is 0 Å². The quantitative estimate of drug-likeness (QED) is 0.487. The summed E-state index contributed by atoms with van der Waals surface area (Å²) in [5.41, 5.74) is 9.01. The number of hydrogen-bond acceptors (Lipinski definition) is 4. The van der Waals surface area contributed by atoms with Crippen LogP contribution in [0.5, 0.6) is 0 Å². The molecule has 1 aromatic carbocycles. The summed E-state index contributed by atoms with van der Waals surface area (Å²) >= 11 is 0. The molecule has 0 bridgehead atoms. The lowest BCUT2D eigenvalue weighted by Gasteiger charge is -2.39. The predicted molar refractivity (Wildman–Crippen MR) is 143 cm³/mol. The van der Waals surface area contributed by atoms with Crippen molar-refractivity contribution in [2.75, 3.05) is 52.4 Å². The molecule has 2 heterocycles. The van der Waals surface area contributed by atoms with Gasteiger partial charge in [0, 0.05) is 81.6 Å². The van der Waals surface area contributed by atoms with Gasteiger partial charge in [-0.25, -0.2) is 0 Å². The first kappa shape index (κ1) is 25.2. The van der Waals surface area contributed by atoms with Crippen molar-refractivity contribution in [3.63, 3.8) is 0 Å². The van der Waals surface area contributed by atoms with Crippen LogP contribution in [0.2, 0.25) is 0 Å². The second-order valence-electron chi connectivity index (χ2n) is 9.80. The molecule has 0 radical (unpaired) electrons. The minimum atomic E-state index is 0.991. The largest absolute Gasteiger partial charge is 0.373 e. The van der Waals surface area contributed by atoms with E-state index >= 15 is 0 Å². The molecule has 2 aliphatic rings. The predicted octanol–water partition coefficient (Wildman–Crippen LogP) is 5.49. The van der Waals surface area contributed by atoms with E-state index in [1.807, 2.05) is 0 Å². The van der Waals surface area contributed by atoms with Crippen LogP contribution in [0.1, 0.15) is 50.8 Å². The highest BCUT2D eigenvalue weighted by Crippen LogP contribution is 2.25. The Hall–Kier alpha value is -2.46. The van der Waals surface area contributed by atoms with Gasteiger partial charge in [0.15, 0.2) is 0 Å². The summed E-state index contributed by atoms with van der Waals surface area (Å²) < 4.78 is 0. The van der Waals surface area contributed by atoms with Crippen molar-refractivity contribution in [1.82, 2.24) is 19.6 Å². The molecular weight excluding hydrogens is 404 g/mol. The van der Waals surface area contributed by atoms with Crippen molar-refractivity contribution in [2.45, 2.75) is 47.6 Å². The standard InChI is InChI=1S/C29H44N4/c1-8-9-25(5)31-14-12-30(13-15-31)22-28-11-10-24(4)29(21-28)27(7)33-18-16-32(17-19-33)26(6)20-23(2)3/h9-11,20-21H,6-8,12-19,22H2,1-5H3/b25-9+. The van der Waals surface area contributed by atoms with Gasteiger partial charge in [-0.3, -0.25) is 4.90 Å². The van der Waals surface area contributed by atoms with Crippen LogP contribution in [0.15, 0.2) is 60.5 Å². The molecular formula is C29H44N4. The SMILES string of the molecule is C=C(C=C(C)C)N1CCN(C(=C)c2cc(CN3CCN(/C(C)=C/CC)CC3)ccc2C)CC1. The molecule has 0 aliphatic carbocycles. The van der Waals surface area contributed by atoms with Gasteiger partial charge in [0.25, 0.3) is 0 Å². The highest BCUT2D eigenvalue weighted by Gasteiger charge is 2.21. The van der Waals surface area contributed by atoms with Crippen LogP contribution in [0.25, 0.3) is 5.70 Å². The van der Waals surface area contributed by atoms with Gasteiger partial charge in [-0.1, -0.05) is 43.9 Å². The van der Waals surface area contributed by atoms with E-state index in [4.69, 9.17) is 0 Å². The fourth-order valence-electron chi connectivity index (χ4n) is 4.88. The Bertz CT molecular complexity index is 890. The lowest BCUT2D eigenvalue weighted by atomic mass is 10.0. The highest BCUT2D eigenvalue weighted by molar-refractivity contribution is 5.65. The molecule has 1 aromatic rings. The van der Waals surface area contributed by atoms with Gasteiger partial charge in [-0.15, -0.1) is 0 Å². The van der Waals surface area contributed by atoms with Gasteiger partial charge in [-0.2, -0.15) is 0 Å². The van der Waals surface area contributed by atoms with E-state index < -0.39 is 0 Å². The third-order valence-electron chi connectivity index (χ3n) is 6.91. The molecule has 4 nitrogen and oxygen atoms in total. The summed E-state index contributed by atoms with van der Waals surface area (Å²) in [6.45, 7) is 29.2. The summed E-state index contributed by atoms with van der Waals surface area (Å²) in [5.74, 6) is 0. The van der Waals surface area contributed by atoms with Crippen LogP contribution in [-0.2, 0) is 6.54 Å². The second kappa shape index (κ2) is 11.6. The van der Waals surface area contributed by atoms with E-state index in [0.717, 1.165) is 76.7 Å². The molecule has 0 atom stereocenters. The first-order chi connectivity index (χ1) is 15.8. The number of allylic oxidation sites excluding steroid dienone is 4. The molecule has 3 rings (SSSR count). The van der Waals surface area contributed by atoms with Crippen molar-refractivity contribution in [3.05, 3.63) is 77.2 Å². The lowest BCUT2D eigenvalue weighted by molar-refractivity contribution is 0.152. The van der Waals surface area contributed by atoms with Crippen LogP contribution in [-0.4, -0.2) is 72.0 Å². The van der Waals surface area contributed by atoms with Gasteiger partial charge in [0.1, 0.15) is 0 Å². The molecule has 2 saturated heterocycles.